The normalized spacial score (nSPS) is 8.83. The Morgan fingerprint density at radius 3 is 1.56 bits per heavy atom. The maximum absolute atomic E-state index is 12.1. The summed E-state index contributed by atoms with van der Waals surface area (Å²) in [5.41, 5.74) is -0.719. The minimum Gasteiger partial charge on any atom is -0.257 e. The van der Waals surface area contributed by atoms with Crippen molar-refractivity contribution in [3.8, 4) is 0 Å². The summed E-state index contributed by atoms with van der Waals surface area (Å²) in [6.07, 6.45) is -3.09. The van der Waals surface area contributed by atoms with Crippen LogP contribution in [0.15, 0.2) is 6.20 Å². The second kappa shape index (κ2) is 12.3. The van der Waals surface area contributed by atoms with Crippen LogP contribution < -0.4 is 0 Å². The summed E-state index contributed by atoms with van der Waals surface area (Å²) in [4.78, 5) is 6.92. The molecule has 0 aliphatic rings. The van der Waals surface area contributed by atoms with Crippen molar-refractivity contribution >= 4 is 0 Å². The van der Waals surface area contributed by atoms with E-state index in [0.717, 1.165) is 0 Å². The minimum atomic E-state index is -4.40. The van der Waals surface area contributed by atoms with Gasteiger partial charge in [0, 0.05) is 6.20 Å². The van der Waals surface area contributed by atoms with Crippen molar-refractivity contribution in [2.45, 2.75) is 61.6 Å². The van der Waals surface area contributed by atoms with Gasteiger partial charge in [-0.15, -0.1) is 0 Å². The average Bonchev–Trinajstić information content (AvgIpc) is 2.38. The van der Waals surface area contributed by atoms with Gasteiger partial charge >= 0.3 is 6.18 Å². The number of hydrogen-bond donors (Lipinski definition) is 0. The summed E-state index contributed by atoms with van der Waals surface area (Å²) in [7, 11) is 0. The van der Waals surface area contributed by atoms with E-state index in [1.807, 2.05) is 41.5 Å². The van der Waals surface area contributed by atoms with Gasteiger partial charge in [-0.2, -0.15) is 13.2 Å². The van der Waals surface area contributed by atoms with Crippen molar-refractivity contribution in [3.05, 3.63) is 23.3 Å². The Morgan fingerprint density at radius 1 is 0.889 bits per heavy atom. The number of aromatic nitrogens is 2. The van der Waals surface area contributed by atoms with E-state index >= 15 is 0 Å². The SMILES string of the molecule is CC.CC.CC.Cc1cnc(C)c(C(F)(F)F)n1. The first-order chi connectivity index (χ1) is 8.41. The smallest absolute Gasteiger partial charge is 0.257 e. The molecule has 1 heterocycles. The Bertz CT molecular complexity index is 297. The molecule has 0 spiro atoms. The first kappa shape index (κ1) is 22.1. The second-order valence-corrected chi connectivity index (χ2v) is 2.44. The second-order valence-electron chi connectivity index (χ2n) is 2.44. The molecular weight excluding hydrogens is 241 g/mol. The first-order valence-electron chi connectivity index (χ1n) is 6.28. The van der Waals surface area contributed by atoms with Crippen LogP contribution in [0.2, 0.25) is 0 Å². The van der Waals surface area contributed by atoms with E-state index in [9.17, 15) is 13.2 Å². The molecule has 0 unspecified atom stereocenters. The molecule has 0 aromatic carbocycles. The molecule has 18 heavy (non-hydrogen) atoms. The summed E-state index contributed by atoms with van der Waals surface area (Å²) in [6.45, 7) is 14.8. The Kier molecular flexibility index (Phi) is 15.1. The lowest BCUT2D eigenvalue weighted by Crippen LogP contribution is -2.12. The third kappa shape index (κ3) is 8.96. The molecule has 108 valence electrons. The van der Waals surface area contributed by atoms with Crippen molar-refractivity contribution in [2.24, 2.45) is 0 Å². The van der Waals surface area contributed by atoms with E-state index in [1.165, 1.54) is 20.0 Å². The van der Waals surface area contributed by atoms with E-state index in [1.54, 1.807) is 0 Å². The molecule has 2 nitrogen and oxygen atoms in total. The molecule has 1 aromatic rings. The van der Waals surface area contributed by atoms with Gasteiger partial charge in [-0.1, -0.05) is 41.5 Å². The molecule has 0 aliphatic carbocycles. The third-order valence-electron chi connectivity index (χ3n) is 1.34. The summed E-state index contributed by atoms with van der Waals surface area (Å²) in [5.74, 6) is 0. The molecule has 1 aromatic heterocycles. The molecule has 0 atom stereocenters. The number of aryl methyl sites for hydroxylation is 2. The van der Waals surface area contributed by atoms with Gasteiger partial charge in [0.25, 0.3) is 0 Å². The highest BCUT2D eigenvalue weighted by Crippen LogP contribution is 2.28. The van der Waals surface area contributed by atoms with Gasteiger partial charge in [0.1, 0.15) is 0 Å². The molecule has 1 rings (SSSR count). The first-order valence-corrected chi connectivity index (χ1v) is 6.28. The van der Waals surface area contributed by atoms with E-state index in [2.05, 4.69) is 9.97 Å². The van der Waals surface area contributed by atoms with Crippen molar-refractivity contribution in [1.82, 2.24) is 9.97 Å². The maximum atomic E-state index is 12.1. The van der Waals surface area contributed by atoms with Crippen molar-refractivity contribution in [2.75, 3.05) is 0 Å². The molecule has 0 aliphatic heterocycles. The van der Waals surface area contributed by atoms with Crippen molar-refractivity contribution in [1.29, 1.82) is 0 Å². The maximum Gasteiger partial charge on any atom is 0.435 e. The molecule has 5 heteroatoms. The molecule has 0 N–H and O–H groups in total. The van der Waals surface area contributed by atoms with Crippen LogP contribution in [0.25, 0.3) is 0 Å². The lowest BCUT2D eigenvalue weighted by Gasteiger charge is -2.07. The van der Waals surface area contributed by atoms with E-state index < -0.39 is 11.9 Å². The van der Waals surface area contributed by atoms with E-state index in [-0.39, 0.29) is 11.4 Å². The van der Waals surface area contributed by atoms with Gasteiger partial charge in [-0.3, -0.25) is 4.98 Å². The topological polar surface area (TPSA) is 25.8 Å². The van der Waals surface area contributed by atoms with Gasteiger partial charge in [-0.25, -0.2) is 4.98 Å². The van der Waals surface area contributed by atoms with E-state index in [4.69, 9.17) is 0 Å². The molecule has 0 saturated heterocycles. The predicted molar refractivity (Wildman–Crippen MR) is 70.6 cm³/mol. The highest BCUT2D eigenvalue weighted by molar-refractivity contribution is 5.14. The molecular formula is C13H25F3N2. The van der Waals surface area contributed by atoms with Crippen LogP contribution in [0.4, 0.5) is 13.2 Å². The Labute approximate surface area is 109 Å². The van der Waals surface area contributed by atoms with Gasteiger partial charge in [0.05, 0.1) is 11.4 Å². The Hall–Kier alpha value is -1.13. The number of hydrogen-bond acceptors (Lipinski definition) is 2. The van der Waals surface area contributed by atoms with Gasteiger partial charge in [0.2, 0.25) is 0 Å². The molecule has 0 fully saturated rings. The zero-order valence-electron chi connectivity index (χ0n) is 12.6. The zero-order chi connectivity index (χ0) is 15.4. The fraction of sp³-hybridized carbons (Fsp3) is 0.692. The van der Waals surface area contributed by atoms with Crippen LogP contribution in [0, 0.1) is 13.8 Å². The summed E-state index contributed by atoms with van der Waals surface area (Å²) < 4.78 is 36.4. The quantitative estimate of drug-likeness (QED) is 0.645. The van der Waals surface area contributed by atoms with Gasteiger partial charge in [-0.05, 0) is 13.8 Å². The highest BCUT2D eigenvalue weighted by Gasteiger charge is 2.34. The zero-order valence-corrected chi connectivity index (χ0v) is 12.6. The molecule has 0 saturated carbocycles. The summed E-state index contributed by atoms with van der Waals surface area (Å²) in [6, 6.07) is 0. The van der Waals surface area contributed by atoms with E-state index in [0.29, 0.717) is 0 Å². The standard InChI is InChI=1S/C7H7F3N2.3C2H6/c1-4-3-11-5(2)6(12-4)7(8,9)10;3*1-2/h3H,1-2H3;3*1-2H3. The van der Waals surface area contributed by atoms with Crippen LogP contribution >= 0.6 is 0 Å². The fourth-order valence-corrected chi connectivity index (χ4v) is 0.806. The van der Waals surface area contributed by atoms with Crippen LogP contribution in [0.3, 0.4) is 0 Å². The largest absolute Gasteiger partial charge is 0.435 e. The molecule has 0 radical (unpaired) electrons. The lowest BCUT2D eigenvalue weighted by molar-refractivity contribution is -0.142. The highest BCUT2D eigenvalue weighted by atomic mass is 19.4. The van der Waals surface area contributed by atoms with Crippen molar-refractivity contribution in [3.63, 3.8) is 0 Å². The van der Waals surface area contributed by atoms with Gasteiger partial charge in [0.15, 0.2) is 5.69 Å². The average molecular weight is 266 g/mol. The predicted octanol–water partition coefficient (Wildman–Crippen LogP) is 5.19. The lowest BCUT2D eigenvalue weighted by atomic mass is 10.3. The van der Waals surface area contributed by atoms with Crippen molar-refractivity contribution < 1.29 is 13.2 Å². The third-order valence-corrected chi connectivity index (χ3v) is 1.34. The number of rotatable bonds is 0. The number of nitrogens with zero attached hydrogens (tertiary/aromatic N) is 2. The van der Waals surface area contributed by atoms with Crippen LogP contribution in [0.1, 0.15) is 58.6 Å². The Balaban J connectivity index is -0.000000328. The summed E-state index contributed by atoms with van der Waals surface area (Å²) >= 11 is 0. The van der Waals surface area contributed by atoms with Crippen LogP contribution in [-0.2, 0) is 6.18 Å². The Morgan fingerprint density at radius 2 is 1.28 bits per heavy atom. The number of alkyl halides is 3. The molecule has 0 bridgehead atoms. The summed E-state index contributed by atoms with van der Waals surface area (Å²) in [5, 5.41) is 0. The van der Waals surface area contributed by atoms with Gasteiger partial charge < -0.3 is 0 Å². The fourth-order valence-electron chi connectivity index (χ4n) is 0.806. The molecule has 0 amide bonds. The minimum absolute atomic E-state index is 0.0897. The van der Waals surface area contributed by atoms with Crippen LogP contribution in [-0.4, -0.2) is 9.97 Å². The number of halogens is 3. The van der Waals surface area contributed by atoms with Crippen LogP contribution in [0.5, 0.6) is 0 Å². The monoisotopic (exact) mass is 266 g/mol.